The molecule has 0 aliphatic carbocycles. The Morgan fingerprint density at radius 1 is 1.75 bits per heavy atom. The lowest BCUT2D eigenvalue weighted by Crippen LogP contribution is -2.15. The van der Waals surface area contributed by atoms with E-state index in [1.54, 1.807) is 0 Å². The van der Waals surface area contributed by atoms with Crippen LogP contribution in [0.15, 0.2) is 5.11 Å². The van der Waals surface area contributed by atoms with Gasteiger partial charge in [0.2, 0.25) is 0 Å². The van der Waals surface area contributed by atoms with Gasteiger partial charge in [0.15, 0.2) is 0 Å². The summed E-state index contributed by atoms with van der Waals surface area (Å²) in [5, 5.41) is 3.51. The van der Waals surface area contributed by atoms with Gasteiger partial charge in [-0.3, -0.25) is 0 Å². The van der Waals surface area contributed by atoms with Gasteiger partial charge in [0.05, 0.1) is 19.3 Å². The Balaban J connectivity index is 2.39. The highest BCUT2D eigenvalue weighted by Crippen LogP contribution is 2.35. The van der Waals surface area contributed by atoms with E-state index in [1.165, 1.54) is 0 Å². The third-order valence-electron chi connectivity index (χ3n) is 2.59. The first-order chi connectivity index (χ1) is 5.70. The van der Waals surface area contributed by atoms with Crippen molar-refractivity contribution in [1.29, 1.82) is 0 Å². The monoisotopic (exact) mass is 169 g/mol. The van der Waals surface area contributed by atoms with Gasteiger partial charge in [0.1, 0.15) is 0 Å². The quantitative estimate of drug-likeness (QED) is 0.364. The van der Waals surface area contributed by atoms with Crippen LogP contribution in [0.3, 0.4) is 0 Å². The van der Waals surface area contributed by atoms with E-state index in [-0.39, 0.29) is 6.10 Å². The highest BCUT2D eigenvalue weighted by atomic mass is 16.5. The second kappa shape index (κ2) is 3.78. The number of ether oxygens (including phenoxy) is 1. The van der Waals surface area contributed by atoms with Gasteiger partial charge in [0.25, 0.3) is 0 Å². The van der Waals surface area contributed by atoms with Crippen LogP contribution in [0.1, 0.15) is 26.7 Å². The number of rotatable bonds is 3. The van der Waals surface area contributed by atoms with Crippen molar-refractivity contribution in [3.8, 4) is 0 Å². The minimum absolute atomic E-state index is 0.144. The Kier molecular flexibility index (Phi) is 2.95. The average Bonchev–Trinajstić information content (AvgIpc) is 2.45. The van der Waals surface area contributed by atoms with Gasteiger partial charge < -0.3 is 4.74 Å². The van der Waals surface area contributed by atoms with Crippen LogP contribution in [-0.2, 0) is 4.74 Å². The van der Waals surface area contributed by atoms with Gasteiger partial charge in [-0.1, -0.05) is 19.0 Å². The summed E-state index contributed by atoms with van der Waals surface area (Å²) < 4.78 is 5.50. The molecule has 1 rings (SSSR count). The molecule has 68 valence electrons. The minimum atomic E-state index is 0.144. The van der Waals surface area contributed by atoms with Crippen molar-refractivity contribution in [3.05, 3.63) is 10.4 Å². The standard InChI is InChI=1S/C8H15N3O/c1-3-8(2)4-7(12-6-8)5-10-11-9/h7H,3-6H2,1-2H3/t7-,8-/m1/s1. The summed E-state index contributed by atoms with van der Waals surface area (Å²) in [5.41, 5.74) is 8.42. The van der Waals surface area contributed by atoms with E-state index in [4.69, 9.17) is 10.3 Å². The van der Waals surface area contributed by atoms with E-state index >= 15 is 0 Å². The molecule has 4 nitrogen and oxygen atoms in total. The molecular weight excluding hydrogens is 154 g/mol. The molecular formula is C8H15N3O. The lowest BCUT2D eigenvalue weighted by atomic mass is 9.85. The number of nitrogens with zero attached hydrogens (tertiary/aromatic N) is 3. The Bertz CT molecular complexity index is 200. The van der Waals surface area contributed by atoms with Gasteiger partial charge in [0, 0.05) is 4.91 Å². The average molecular weight is 169 g/mol. The molecule has 0 N–H and O–H groups in total. The predicted octanol–water partition coefficient (Wildman–Crippen LogP) is 2.50. The Labute approximate surface area is 72.5 Å². The molecule has 0 amide bonds. The van der Waals surface area contributed by atoms with E-state index in [1.807, 2.05) is 0 Å². The summed E-state index contributed by atoms with van der Waals surface area (Å²) >= 11 is 0. The molecule has 0 aromatic heterocycles. The highest BCUT2D eigenvalue weighted by molar-refractivity contribution is 4.84. The highest BCUT2D eigenvalue weighted by Gasteiger charge is 2.33. The third-order valence-corrected chi connectivity index (χ3v) is 2.59. The molecule has 1 fully saturated rings. The van der Waals surface area contributed by atoms with Crippen molar-refractivity contribution >= 4 is 0 Å². The fourth-order valence-corrected chi connectivity index (χ4v) is 1.48. The number of azide groups is 1. The zero-order chi connectivity index (χ0) is 9.03. The van der Waals surface area contributed by atoms with Crippen LogP contribution >= 0.6 is 0 Å². The van der Waals surface area contributed by atoms with Gasteiger partial charge in [-0.2, -0.15) is 0 Å². The topological polar surface area (TPSA) is 58.0 Å². The smallest absolute Gasteiger partial charge is 0.0637 e. The molecule has 2 atom stereocenters. The first-order valence-corrected chi connectivity index (χ1v) is 4.32. The molecule has 0 aromatic rings. The molecule has 1 saturated heterocycles. The lowest BCUT2D eigenvalue weighted by molar-refractivity contribution is 0.102. The molecule has 0 bridgehead atoms. The molecule has 0 aromatic carbocycles. The maximum Gasteiger partial charge on any atom is 0.0637 e. The van der Waals surface area contributed by atoms with E-state index in [0.717, 1.165) is 19.4 Å². The normalized spacial score (nSPS) is 34.7. The number of hydrogen-bond acceptors (Lipinski definition) is 2. The molecule has 4 heteroatoms. The SMILES string of the molecule is CC[C@@]1(C)CO[C@@H](CN=[N+]=[N-])C1. The first kappa shape index (κ1) is 9.36. The van der Waals surface area contributed by atoms with Crippen LogP contribution in [0.25, 0.3) is 10.4 Å². The van der Waals surface area contributed by atoms with Crippen molar-refractivity contribution in [2.24, 2.45) is 10.5 Å². The maximum atomic E-state index is 8.12. The van der Waals surface area contributed by atoms with Gasteiger partial charge in [-0.15, -0.1) is 0 Å². The lowest BCUT2D eigenvalue weighted by Gasteiger charge is -2.18. The molecule has 0 radical (unpaired) electrons. The molecule has 1 aliphatic heterocycles. The van der Waals surface area contributed by atoms with E-state index < -0.39 is 0 Å². The third kappa shape index (κ3) is 2.13. The van der Waals surface area contributed by atoms with E-state index in [9.17, 15) is 0 Å². The van der Waals surface area contributed by atoms with E-state index in [2.05, 4.69) is 23.9 Å². The van der Waals surface area contributed by atoms with Crippen LogP contribution in [0.2, 0.25) is 0 Å². The Morgan fingerprint density at radius 2 is 2.50 bits per heavy atom. The molecule has 0 saturated carbocycles. The second-order valence-electron chi connectivity index (χ2n) is 3.71. The fourth-order valence-electron chi connectivity index (χ4n) is 1.48. The summed E-state index contributed by atoms with van der Waals surface area (Å²) in [5.74, 6) is 0. The summed E-state index contributed by atoms with van der Waals surface area (Å²) in [6.45, 7) is 5.66. The van der Waals surface area contributed by atoms with Crippen LogP contribution in [0, 0.1) is 5.41 Å². The zero-order valence-corrected chi connectivity index (χ0v) is 7.66. The summed E-state index contributed by atoms with van der Waals surface area (Å²) in [7, 11) is 0. The van der Waals surface area contributed by atoms with Crippen molar-refractivity contribution in [2.75, 3.05) is 13.2 Å². The predicted molar refractivity (Wildman–Crippen MR) is 46.8 cm³/mol. The Hall–Kier alpha value is -0.730. The van der Waals surface area contributed by atoms with E-state index in [0.29, 0.717) is 12.0 Å². The van der Waals surface area contributed by atoms with Crippen molar-refractivity contribution in [2.45, 2.75) is 32.8 Å². The Morgan fingerprint density at radius 3 is 3.00 bits per heavy atom. The van der Waals surface area contributed by atoms with Crippen LogP contribution in [-0.4, -0.2) is 19.3 Å². The van der Waals surface area contributed by atoms with Crippen molar-refractivity contribution < 1.29 is 4.74 Å². The molecule has 0 unspecified atom stereocenters. The molecule has 1 aliphatic rings. The largest absolute Gasteiger partial charge is 0.377 e. The van der Waals surface area contributed by atoms with Gasteiger partial charge in [-0.05, 0) is 23.8 Å². The summed E-state index contributed by atoms with van der Waals surface area (Å²) in [6, 6.07) is 0. The van der Waals surface area contributed by atoms with Crippen LogP contribution in [0.5, 0.6) is 0 Å². The maximum absolute atomic E-state index is 8.12. The number of hydrogen-bond donors (Lipinski definition) is 0. The minimum Gasteiger partial charge on any atom is -0.377 e. The molecule has 1 heterocycles. The van der Waals surface area contributed by atoms with Gasteiger partial charge in [-0.25, -0.2) is 0 Å². The van der Waals surface area contributed by atoms with Crippen LogP contribution in [0.4, 0.5) is 0 Å². The fraction of sp³-hybridized carbons (Fsp3) is 1.00. The molecule has 12 heavy (non-hydrogen) atoms. The molecule has 0 spiro atoms. The summed E-state index contributed by atoms with van der Waals surface area (Å²) in [4.78, 5) is 2.72. The zero-order valence-electron chi connectivity index (χ0n) is 7.66. The van der Waals surface area contributed by atoms with Crippen molar-refractivity contribution in [1.82, 2.24) is 0 Å². The van der Waals surface area contributed by atoms with Crippen LogP contribution < -0.4 is 0 Å². The summed E-state index contributed by atoms with van der Waals surface area (Å²) in [6.07, 6.45) is 2.29. The van der Waals surface area contributed by atoms with Crippen molar-refractivity contribution in [3.63, 3.8) is 0 Å². The first-order valence-electron chi connectivity index (χ1n) is 4.32. The second-order valence-corrected chi connectivity index (χ2v) is 3.71. The van der Waals surface area contributed by atoms with Gasteiger partial charge >= 0.3 is 0 Å².